The summed E-state index contributed by atoms with van der Waals surface area (Å²) in [6.45, 7) is 7.27. The van der Waals surface area contributed by atoms with Crippen molar-refractivity contribution >= 4 is 0 Å². The molecule has 2 heterocycles. The maximum Gasteiger partial charge on any atom is 0.186 e. The number of methoxy groups -OCH3 is 1. The first kappa shape index (κ1) is 12.3. The maximum atomic E-state index is 10.2. The zero-order valence-corrected chi connectivity index (χ0v) is 10.4. The van der Waals surface area contributed by atoms with Crippen molar-refractivity contribution < 1.29 is 24.1 Å². The predicted octanol–water partition coefficient (Wildman–Crippen LogP) is 0.649. The summed E-state index contributed by atoms with van der Waals surface area (Å²) in [7, 11) is 1.56. The fourth-order valence-electron chi connectivity index (χ4n) is 2.59. The van der Waals surface area contributed by atoms with Gasteiger partial charge in [-0.2, -0.15) is 0 Å². The van der Waals surface area contributed by atoms with Crippen LogP contribution in [0.15, 0.2) is 0 Å². The molecule has 0 unspecified atom stereocenters. The summed E-state index contributed by atoms with van der Waals surface area (Å²) in [6, 6.07) is 0. The summed E-state index contributed by atoms with van der Waals surface area (Å²) < 4.78 is 22.4. The van der Waals surface area contributed by atoms with E-state index in [1.165, 1.54) is 0 Å². The maximum absolute atomic E-state index is 10.2. The third-order valence-corrected chi connectivity index (χ3v) is 3.30. The van der Waals surface area contributed by atoms with Crippen molar-refractivity contribution in [2.45, 2.75) is 63.7 Å². The number of aliphatic hydroxyl groups is 1. The SMILES string of the molecule is CO[C@@H]1O[C@@H](C)[C@H](O)[C@@]2(C)OC(C)(C)O[C@@H]12. The van der Waals surface area contributed by atoms with Gasteiger partial charge in [0.05, 0.1) is 6.10 Å². The van der Waals surface area contributed by atoms with Gasteiger partial charge in [-0.15, -0.1) is 0 Å². The second-order valence-corrected chi connectivity index (χ2v) is 5.11. The van der Waals surface area contributed by atoms with E-state index in [1.807, 2.05) is 20.8 Å². The van der Waals surface area contributed by atoms with Crippen molar-refractivity contribution in [3.63, 3.8) is 0 Å². The molecule has 2 rings (SSSR count). The molecule has 0 aromatic rings. The van der Waals surface area contributed by atoms with Crippen LogP contribution in [0.1, 0.15) is 27.7 Å². The van der Waals surface area contributed by atoms with Crippen LogP contribution in [0.3, 0.4) is 0 Å². The molecular formula is C11H20O5. The molecule has 2 fully saturated rings. The molecule has 0 bridgehead atoms. The van der Waals surface area contributed by atoms with E-state index in [1.54, 1.807) is 14.0 Å². The molecule has 2 saturated heterocycles. The summed E-state index contributed by atoms with van der Waals surface area (Å²) >= 11 is 0. The molecule has 0 radical (unpaired) electrons. The monoisotopic (exact) mass is 232 g/mol. The lowest BCUT2D eigenvalue weighted by molar-refractivity contribution is -0.285. The third kappa shape index (κ3) is 1.67. The molecule has 0 aliphatic carbocycles. The highest BCUT2D eigenvalue weighted by Crippen LogP contribution is 2.44. The zero-order valence-electron chi connectivity index (χ0n) is 10.4. The standard InChI is InChI=1S/C11H20O5/c1-6-7(12)11(4)8(9(13-5)14-6)15-10(2,3)16-11/h6-9,12H,1-5H3/t6-,7-,8-,9+,11+/m0/s1. The van der Waals surface area contributed by atoms with Crippen molar-refractivity contribution in [1.29, 1.82) is 0 Å². The average molecular weight is 232 g/mol. The minimum atomic E-state index is -0.790. The fourth-order valence-corrected chi connectivity index (χ4v) is 2.59. The zero-order chi connectivity index (χ0) is 12.1. The van der Waals surface area contributed by atoms with Crippen LogP contribution in [-0.4, -0.2) is 48.2 Å². The van der Waals surface area contributed by atoms with Gasteiger partial charge in [-0.3, -0.25) is 0 Å². The summed E-state index contributed by atoms with van der Waals surface area (Å²) in [5.74, 6) is -0.732. The predicted molar refractivity (Wildman–Crippen MR) is 55.8 cm³/mol. The normalized spacial score (nSPS) is 51.4. The van der Waals surface area contributed by atoms with Crippen LogP contribution in [-0.2, 0) is 18.9 Å². The molecule has 5 atom stereocenters. The Morgan fingerprint density at radius 1 is 1.25 bits per heavy atom. The topological polar surface area (TPSA) is 57.2 Å². The number of rotatable bonds is 1. The highest BCUT2D eigenvalue weighted by Gasteiger charge is 2.62. The summed E-state index contributed by atoms with van der Waals surface area (Å²) in [6.07, 6.45) is -2.00. The molecule has 2 aliphatic heterocycles. The van der Waals surface area contributed by atoms with Gasteiger partial charge >= 0.3 is 0 Å². The largest absolute Gasteiger partial charge is 0.387 e. The van der Waals surface area contributed by atoms with Crippen LogP contribution in [0.5, 0.6) is 0 Å². The molecule has 5 heteroatoms. The van der Waals surface area contributed by atoms with Crippen molar-refractivity contribution in [2.75, 3.05) is 7.11 Å². The highest BCUT2D eigenvalue weighted by atomic mass is 16.8. The van der Waals surface area contributed by atoms with E-state index in [2.05, 4.69) is 0 Å². The Balaban J connectivity index is 2.31. The molecule has 94 valence electrons. The van der Waals surface area contributed by atoms with Crippen molar-refractivity contribution in [3.8, 4) is 0 Å². The van der Waals surface area contributed by atoms with E-state index in [0.29, 0.717) is 0 Å². The molecule has 0 saturated carbocycles. The van der Waals surface area contributed by atoms with Gasteiger partial charge in [-0.1, -0.05) is 0 Å². The van der Waals surface area contributed by atoms with E-state index < -0.39 is 29.9 Å². The van der Waals surface area contributed by atoms with Gasteiger partial charge in [0.25, 0.3) is 0 Å². The molecule has 0 aromatic heterocycles. The van der Waals surface area contributed by atoms with E-state index in [4.69, 9.17) is 18.9 Å². The van der Waals surface area contributed by atoms with Gasteiger partial charge in [-0.25, -0.2) is 0 Å². The molecule has 5 nitrogen and oxygen atoms in total. The van der Waals surface area contributed by atoms with Crippen LogP contribution in [0.4, 0.5) is 0 Å². The molecule has 2 aliphatic rings. The molecular weight excluding hydrogens is 212 g/mol. The molecule has 0 aromatic carbocycles. The molecule has 0 amide bonds. The smallest absolute Gasteiger partial charge is 0.186 e. The number of aliphatic hydroxyl groups excluding tert-OH is 1. The number of fused-ring (bicyclic) bond motifs is 1. The summed E-state index contributed by atoms with van der Waals surface area (Å²) in [5.41, 5.74) is -0.790. The summed E-state index contributed by atoms with van der Waals surface area (Å²) in [4.78, 5) is 0. The van der Waals surface area contributed by atoms with E-state index in [0.717, 1.165) is 0 Å². The Hall–Kier alpha value is -0.200. The lowest BCUT2D eigenvalue weighted by Crippen LogP contribution is -2.63. The first-order chi connectivity index (χ1) is 7.30. The first-order valence-corrected chi connectivity index (χ1v) is 5.54. The van der Waals surface area contributed by atoms with Crippen LogP contribution < -0.4 is 0 Å². The Kier molecular flexibility index (Phi) is 2.79. The van der Waals surface area contributed by atoms with Crippen LogP contribution >= 0.6 is 0 Å². The molecule has 16 heavy (non-hydrogen) atoms. The minimum Gasteiger partial charge on any atom is -0.387 e. The van der Waals surface area contributed by atoms with Gasteiger partial charge in [0.1, 0.15) is 17.8 Å². The van der Waals surface area contributed by atoms with Crippen LogP contribution in [0.25, 0.3) is 0 Å². The third-order valence-electron chi connectivity index (χ3n) is 3.30. The van der Waals surface area contributed by atoms with E-state index >= 15 is 0 Å². The Labute approximate surface area is 95.6 Å². The van der Waals surface area contributed by atoms with E-state index in [-0.39, 0.29) is 6.10 Å². The van der Waals surface area contributed by atoms with Crippen molar-refractivity contribution in [3.05, 3.63) is 0 Å². The number of hydrogen-bond donors (Lipinski definition) is 1. The average Bonchev–Trinajstić information content (AvgIpc) is 2.44. The van der Waals surface area contributed by atoms with Gasteiger partial charge < -0.3 is 24.1 Å². The number of hydrogen-bond acceptors (Lipinski definition) is 5. The van der Waals surface area contributed by atoms with Crippen molar-refractivity contribution in [2.24, 2.45) is 0 Å². The van der Waals surface area contributed by atoms with E-state index in [9.17, 15) is 5.11 Å². The Bertz CT molecular complexity index is 280. The minimum absolute atomic E-state index is 0.344. The van der Waals surface area contributed by atoms with Gasteiger partial charge in [-0.05, 0) is 27.7 Å². The summed E-state index contributed by atoms with van der Waals surface area (Å²) in [5, 5.41) is 10.2. The lowest BCUT2D eigenvalue weighted by atomic mass is 9.86. The Morgan fingerprint density at radius 3 is 2.44 bits per heavy atom. The lowest BCUT2D eigenvalue weighted by Gasteiger charge is -2.44. The second-order valence-electron chi connectivity index (χ2n) is 5.11. The van der Waals surface area contributed by atoms with Crippen LogP contribution in [0, 0.1) is 0 Å². The van der Waals surface area contributed by atoms with Crippen molar-refractivity contribution in [1.82, 2.24) is 0 Å². The second kappa shape index (κ2) is 3.65. The fraction of sp³-hybridized carbons (Fsp3) is 1.00. The quantitative estimate of drug-likeness (QED) is 0.719. The number of ether oxygens (including phenoxy) is 4. The molecule has 1 N–H and O–H groups in total. The van der Waals surface area contributed by atoms with Gasteiger partial charge in [0, 0.05) is 7.11 Å². The molecule has 0 spiro atoms. The Morgan fingerprint density at radius 2 is 1.88 bits per heavy atom. The highest BCUT2D eigenvalue weighted by molar-refractivity contribution is 5.04. The van der Waals surface area contributed by atoms with Gasteiger partial charge in [0.2, 0.25) is 0 Å². The van der Waals surface area contributed by atoms with Crippen LogP contribution in [0.2, 0.25) is 0 Å². The first-order valence-electron chi connectivity index (χ1n) is 5.54. The van der Waals surface area contributed by atoms with Gasteiger partial charge in [0.15, 0.2) is 12.1 Å².